The highest BCUT2D eigenvalue weighted by molar-refractivity contribution is 7.17. The molecule has 2 heterocycles. The van der Waals surface area contributed by atoms with Crippen LogP contribution in [0.25, 0.3) is 21.3 Å². The molecule has 1 N–H and O–H groups in total. The maximum atomic E-state index is 13.3. The molecule has 7 nitrogen and oxygen atoms in total. The van der Waals surface area contributed by atoms with Crippen LogP contribution in [0.5, 0.6) is 11.5 Å². The van der Waals surface area contributed by atoms with Crippen molar-refractivity contribution in [2.75, 3.05) is 13.7 Å². The summed E-state index contributed by atoms with van der Waals surface area (Å²) in [6.07, 6.45) is 0.495. The number of benzene rings is 2. The maximum absolute atomic E-state index is 13.3. The summed E-state index contributed by atoms with van der Waals surface area (Å²) in [6.45, 7) is 5.53. The first-order valence-corrected chi connectivity index (χ1v) is 11.7. The first-order chi connectivity index (χ1) is 16.3. The van der Waals surface area contributed by atoms with Gasteiger partial charge < -0.3 is 14.6 Å². The molecule has 4 rings (SSSR count). The Kier molecular flexibility index (Phi) is 6.81. The number of carbonyl (C=O) groups excluding carboxylic acids is 1. The molecule has 2 aromatic heterocycles. The molecule has 176 valence electrons. The van der Waals surface area contributed by atoms with Crippen molar-refractivity contribution in [3.8, 4) is 22.6 Å². The van der Waals surface area contributed by atoms with Crippen LogP contribution in [0.1, 0.15) is 28.4 Å². The third-order valence-electron chi connectivity index (χ3n) is 5.79. The predicted molar refractivity (Wildman–Crippen MR) is 133 cm³/mol. The van der Waals surface area contributed by atoms with Crippen molar-refractivity contribution in [2.45, 2.75) is 33.4 Å². The van der Waals surface area contributed by atoms with E-state index in [0.29, 0.717) is 27.3 Å². The Labute approximate surface area is 201 Å². The minimum Gasteiger partial charge on any atom is -0.493 e. The van der Waals surface area contributed by atoms with Crippen molar-refractivity contribution in [2.24, 2.45) is 0 Å². The number of fused-ring (bicyclic) bond motifs is 1. The molecular formula is C26H26N2O5S. The monoisotopic (exact) mass is 478 g/mol. The third kappa shape index (κ3) is 4.73. The van der Waals surface area contributed by atoms with E-state index in [1.807, 2.05) is 24.4 Å². The zero-order valence-corrected chi connectivity index (χ0v) is 20.3. The molecule has 8 heteroatoms. The summed E-state index contributed by atoms with van der Waals surface area (Å²) < 4.78 is 12.4. The lowest BCUT2D eigenvalue weighted by Gasteiger charge is -2.16. The molecule has 0 aliphatic rings. The van der Waals surface area contributed by atoms with Gasteiger partial charge in [-0.1, -0.05) is 18.2 Å². The highest BCUT2D eigenvalue weighted by Crippen LogP contribution is 2.32. The van der Waals surface area contributed by atoms with Crippen LogP contribution in [-0.2, 0) is 6.54 Å². The largest absolute Gasteiger partial charge is 0.493 e. The molecule has 2 aromatic carbocycles. The molecule has 34 heavy (non-hydrogen) atoms. The van der Waals surface area contributed by atoms with E-state index in [1.165, 1.54) is 41.8 Å². The van der Waals surface area contributed by atoms with Crippen molar-refractivity contribution in [3.05, 3.63) is 75.1 Å². The van der Waals surface area contributed by atoms with Crippen molar-refractivity contribution in [3.63, 3.8) is 0 Å². The lowest BCUT2D eigenvalue weighted by molar-refractivity contribution is 0.0899. The van der Waals surface area contributed by atoms with Gasteiger partial charge in [-0.3, -0.25) is 14.2 Å². The molecule has 0 amide bonds. The van der Waals surface area contributed by atoms with Gasteiger partial charge in [-0.2, -0.15) is 0 Å². The second-order valence-corrected chi connectivity index (χ2v) is 9.08. The van der Waals surface area contributed by atoms with Crippen LogP contribution in [0.4, 0.5) is 0 Å². The third-order valence-corrected chi connectivity index (χ3v) is 6.67. The number of Topliss-reactive ketones (excluding diaryl/α,β-unsaturated/α-hetero) is 1. The molecule has 0 aliphatic heterocycles. The van der Waals surface area contributed by atoms with E-state index in [-0.39, 0.29) is 24.5 Å². The summed E-state index contributed by atoms with van der Waals surface area (Å²) in [5.41, 5.74) is 4.45. The smallest absolute Gasteiger partial charge is 0.262 e. The lowest BCUT2D eigenvalue weighted by Crippen LogP contribution is -2.30. The summed E-state index contributed by atoms with van der Waals surface area (Å²) in [6, 6.07) is 11.0. The number of methoxy groups -OCH3 is 1. The van der Waals surface area contributed by atoms with Gasteiger partial charge in [0.25, 0.3) is 5.56 Å². The van der Waals surface area contributed by atoms with Crippen LogP contribution < -0.4 is 15.0 Å². The van der Waals surface area contributed by atoms with Gasteiger partial charge in [-0.15, -0.1) is 11.3 Å². The highest BCUT2D eigenvalue weighted by atomic mass is 32.1. The summed E-state index contributed by atoms with van der Waals surface area (Å²) in [5, 5.41) is 13.1. The van der Waals surface area contributed by atoms with Gasteiger partial charge in [0.05, 0.1) is 25.4 Å². The number of aliphatic hydroxyl groups is 1. The first-order valence-electron chi connectivity index (χ1n) is 10.8. The van der Waals surface area contributed by atoms with Gasteiger partial charge in [-0.05, 0) is 55.7 Å². The number of thiophene rings is 1. The summed E-state index contributed by atoms with van der Waals surface area (Å²) in [4.78, 5) is 29.9. The topological polar surface area (TPSA) is 90.7 Å². The molecule has 0 radical (unpaired) electrons. The molecule has 1 atom stereocenters. The zero-order chi connectivity index (χ0) is 24.4. The van der Waals surface area contributed by atoms with E-state index in [9.17, 15) is 14.7 Å². The van der Waals surface area contributed by atoms with Gasteiger partial charge in [0, 0.05) is 16.5 Å². The molecular weight excluding hydrogens is 452 g/mol. The van der Waals surface area contributed by atoms with Gasteiger partial charge in [-0.25, -0.2) is 4.98 Å². The van der Waals surface area contributed by atoms with Crippen molar-refractivity contribution in [1.29, 1.82) is 0 Å². The summed E-state index contributed by atoms with van der Waals surface area (Å²) in [7, 11) is 1.48. The molecule has 1 unspecified atom stereocenters. The second-order valence-electron chi connectivity index (χ2n) is 8.22. The van der Waals surface area contributed by atoms with Crippen molar-refractivity contribution < 1.29 is 19.4 Å². The number of aryl methyl sites for hydroxylation is 2. The van der Waals surface area contributed by atoms with E-state index >= 15 is 0 Å². The van der Waals surface area contributed by atoms with E-state index < -0.39 is 6.10 Å². The number of hydrogen-bond acceptors (Lipinski definition) is 7. The molecule has 0 spiro atoms. The molecule has 0 bridgehead atoms. The number of carbonyl (C=O) groups is 1. The van der Waals surface area contributed by atoms with Gasteiger partial charge in [0.1, 0.15) is 17.5 Å². The normalized spacial score (nSPS) is 12.0. The minimum absolute atomic E-state index is 0.0256. The summed E-state index contributed by atoms with van der Waals surface area (Å²) in [5.74, 6) is 0.722. The van der Waals surface area contributed by atoms with Gasteiger partial charge in [0.15, 0.2) is 17.3 Å². The number of aromatic nitrogens is 2. The highest BCUT2D eigenvalue weighted by Gasteiger charge is 2.17. The Morgan fingerprint density at radius 3 is 2.65 bits per heavy atom. The molecule has 0 fully saturated rings. The van der Waals surface area contributed by atoms with Gasteiger partial charge >= 0.3 is 0 Å². The second kappa shape index (κ2) is 9.79. The van der Waals surface area contributed by atoms with E-state index in [0.717, 1.165) is 16.7 Å². The Balaban J connectivity index is 1.54. The van der Waals surface area contributed by atoms with Crippen LogP contribution in [0.2, 0.25) is 0 Å². The standard InChI is InChI=1S/C26H26N2O5S/c1-15-5-6-19(9-16(15)2)21-13-34-25-24(21)26(31)28(14-27-25)11-20(30)12-33-22-8-7-18(17(3)29)10-23(22)32-4/h5-10,13-14,20,30H,11-12H2,1-4H3. The number of ether oxygens (including phenoxy) is 2. The van der Waals surface area contributed by atoms with Crippen LogP contribution in [0.15, 0.2) is 52.9 Å². The fourth-order valence-corrected chi connectivity index (χ4v) is 4.60. The first kappa shape index (κ1) is 23.7. The molecule has 0 saturated heterocycles. The number of ketones is 1. The molecule has 4 aromatic rings. The van der Waals surface area contributed by atoms with Crippen LogP contribution in [0, 0.1) is 13.8 Å². The minimum atomic E-state index is -0.960. The lowest BCUT2D eigenvalue weighted by atomic mass is 10.0. The number of rotatable bonds is 8. The Hall–Kier alpha value is -3.49. The number of hydrogen-bond donors (Lipinski definition) is 1. The molecule has 0 aliphatic carbocycles. The van der Waals surface area contributed by atoms with Gasteiger partial charge in [0.2, 0.25) is 0 Å². The Morgan fingerprint density at radius 2 is 1.94 bits per heavy atom. The Morgan fingerprint density at radius 1 is 1.15 bits per heavy atom. The maximum Gasteiger partial charge on any atom is 0.262 e. The fraction of sp³-hybridized carbons (Fsp3) is 0.269. The number of nitrogens with zero attached hydrogens (tertiary/aromatic N) is 2. The van der Waals surface area contributed by atoms with E-state index in [2.05, 4.69) is 18.0 Å². The van der Waals surface area contributed by atoms with Crippen molar-refractivity contribution in [1.82, 2.24) is 9.55 Å². The fourth-order valence-electron chi connectivity index (χ4n) is 3.69. The summed E-state index contributed by atoms with van der Waals surface area (Å²) >= 11 is 1.43. The Bertz CT molecular complexity index is 1420. The SMILES string of the molecule is COc1cc(C(C)=O)ccc1OCC(O)Cn1cnc2scc(-c3ccc(C)c(C)c3)c2c1=O. The zero-order valence-electron chi connectivity index (χ0n) is 19.5. The predicted octanol–water partition coefficient (Wildman–Crippen LogP) is 4.39. The average Bonchev–Trinajstić information content (AvgIpc) is 3.26. The molecule has 0 saturated carbocycles. The number of aliphatic hydroxyl groups excluding tert-OH is 1. The van der Waals surface area contributed by atoms with Crippen LogP contribution >= 0.6 is 11.3 Å². The van der Waals surface area contributed by atoms with E-state index in [1.54, 1.807) is 18.2 Å². The van der Waals surface area contributed by atoms with Crippen LogP contribution in [-0.4, -0.2) is 40.3 Å². The average molecular weight is 479 g/mol. The van der Waals surface area contributed by atoms with E-state index in [4.69, 9.17) is 9.47 Å². The quantitative estimate of drug-likeness (QED) is 0.378. The van der Waals surface area contributed by atoms with Crippen molar-refractivity contribution >= 4 is 27.3 Å². The van der Waals surface area contributed by atoms with Crippen LogP contribution in [0.3, 0.4) is 0 Å².